The summed E-state index contributed by atoms with van der Waals surface area (Å²) in [7, 11) is 0. The monoisotopic (exact) mass is 260 g/mol. The van der Waals surface area contributed by atoms with E-state index in [0.29, 0.717) is 0 Å². The van der Waals surface area contributed by atoms with Crippen LogP contribution >= 0.6 is 27.7 Å². The van der Waals surface area contributed by atoms with Crippen molar-refractivity contribution in [1.82, 2.24) is 0 Å². The van der Waals surface area contributed by atoms with E-state index in [2.05, 4.69) is 15.9 Å². The van der Waals surface area contributed by atoms with E-state index >= 15 is 0 Å². The second-order valence-electron chi connectivity index (χ2n) is 2.90. The van der Waals surface area contributed by atoms with Crippen molar-refractivity contribution in [2.24, 2.45) is 0 Å². The Labute approximate surface area is 91.7 Å². The highest BCUT2D eigenvalue weighted by atomic mass is 79.9. The molecule has 0 radical (unpaired) electrons. The number of aliphatic hydroxyl groups is 1. The molecule has 0 spiro atoms. The average Bonchev–Trinajstić information content (AvgIpc) is 2.17. The summed E-state index contributed by atoms with van der Waals surface area (Å²) in [6.07, 6.45) is 1.62. The molecule has 72 valence electrons. The molecule has 2 unspecified atom stereocenters. The Hall–Kier alpha value is 0.01000. The van der Waals surface area contributed by atoms with E-state index in [1.807, 2.05) is 37.4 Å². The summed E-state index contributed by atoms with van der Waals surface area (Å²) in [5.41, 5.74) is 0.960. The Balaban J connectivity index is 2.79. The fourth-order valence-corrected chi connectivity index (χ4v) is 1.78. The van der Waals surface area contributed by atoms with E-state index < -0.39 is 6.10 Å². The number of thioether (sulfide) groups is 1. The van der Waals surface area contributed by atoms with Crippen LogP contribution in [0.25, 0.3) is 0 Å². The van der Waals surface area contributed by atoms with Crippen molar-refractivity contribution in [2.45, 2.75) is 22.8 Å². The maximum atomic E-state index is 9.71. The van der Waals surface area contributed by atoms with Crippen molar-refractivity contribution in [3.05, 3.63) is 29.8 Å². The fraction of sp³-hybridized carbons (Fsp3) is 0.400. The molecule has 1 aromatic carbocycles. The van der Waals surface area contributed by atoms with Gasteiger partial charge in [-0.1, -0.05) is 28.1 Å². The van der Waals surface area contributed by atoms with Crippen molar-refractivity contribution >= 4 is 27.7 Å². The van der Waals surface area contributed by atoms with Gasteiger partial charge in [-0.25, -0.2) is 0 Å². The molecule has 0 heterocycles. The maximum Gasteiger partial charge on any atom is 0.0912 e. The SMILES string of the molecule is CSc1ccc(C(O)C(C)Br)cc1. The lowest BCUT2D eigenvalue weighted by Gasteiger charge is -2.13. The summed E-state index contributed by atoms with van der Waals surface area (Å²) < 4.78 is 0. The van der Waals surface area contributed by atoms with E-state index in [0.717, 1.165) is 5.56 Å². The standard InChI is InChI=1S/C10H13BrOS/c1-7(11)10(12)8-3-5-9(13-2)6-4-8/h3-7,10,12H,1-2H3. The first-order valence-electron chi connectivity index (χ1n) is 4.11. The maximum absolute atomic E-state index is 9.71. The molecule has 1 nitrogen and oxygen atoms in total. The first-order chi connectivity index (χ1) is 6.15. The average molecular weight is 261 g/mol. The molecule has 0 amide bonds. The molecule has 1 aromatic rings. The molecule has 0 aliphatic heterocycles. The lowest BCUT2D eigenvalue weighted by Crippen LogP contribution is -2.07. The van der Waals surface area contributed by atoms with Crippen molar-refractivity contribution < 1.29 is 5.11 Å². The summed E-state index contributed by atoms with van der Waals surface area (Å²) >= 11 is 5.06. The highest BCUT2D eigenvalue weighted by molar-refractivity contribution is 9.09. The van der Waals surface area contributed by atoms with Gasteiger partial charge >= 0.3 is 0 Å². The summed E-state index contributed by atoms with van der Waals surface area (Å²) in [6.45, 7) is 1.94. The van der Waals surface area contributed by atoms with Crippen LogP contribution in [-0.2, 0) is 0 Å². The Morgan fingerprint density at radius 2 is 1.85 bits per heavy atom. The molecular formula is C10H13BrOS. The number of halogens is 1. The minimum absolute atomic E-state index is 0.0904. The fourth-order valence-electron chi connectivity index (χ4n) is 1.07. The lowest BCUT2D eigenvalue weighted by molar-refractivity contribution is 0.181. The van der Waals surface area contributed by atoms with Crippen LogP contribution in [0.1, 0.15) is 18.6 Å². The molecule has 13 heavy (non-hydrogen) atoms. The number of rotatable bonds is 3. The first kappa shape index (κ1) is 11.1. The van der Waals surface area contributed by atoms with Gasteiger partial charge in [-0.3, -0.25) is 0 Å². The third-order valence-corrected chi connectivity index (χ3v) is 3.14. The van der Waals surface area contributed by atoms with E-state index in [4.69, 9.17) is 0 Å². The summed E-state index contributed by atoms with van der Waals surface area (Å²) in [6, 6.07) is 7.99. The van der Waals surface area contributed by atoms with Crippen LogP contribution in [0.2, 0.25) is 0 Å². The minimum atomic E-state index is -0.420. The van der Waals surface area contributed by atoms with Crippen LogP contribution in [0.5, 0.6) is 0 Å². The van der Waals surface area contributed by atoms with Gasteiger partial charge in [-0.05, 0) is 30.9 Å². The highest BCUT2D eigenvalue weighted by Gasteiger charge is 2.12. The largest absolute Gasteiger partial charge is 0.387 e. The van der Waals surface area contributed by atoms with Gasteiger partial charge in [-0.15, -0.1) is 11.8 Å². The molecule has 1 rings (SSSR count). The van der Waals surface area contributed by atoms with Crippen molar-refractivity contribution in [3.63, 3.8) is 0 Å². The Kier molecular flexibility index (Phi) is 4.29. The first-order valence-corrected chi connectivity index (χ1v) is 6.25. The molecule has 0 fully saturated rings. The number of hydrogen-bond donors (Lipinski definition) is 1. The van der Waals surface area contributed by atoms with Crippen LogP contribution in [0.4, 0.5) is 0 Å². The number of benzene rings is 1. The minimum Gasteiger partial charge on any atom is -0.387 e. The van der Waals surface area contributed by atoms with Gasteiger partial charge in [0.1, 0.15) is 0 Å². The Morgan fingerprint density at radius 1 is 1.31 bits per heavy atom. The molecule has 0 aliphatic rings. The predicted octanol–water partition coefficient (Wildman–Crippen LogP) is 3.23. The molecule has 0 bridgehead atoms. The van der Waals surface area contributed by atoms with Gasteiger partial charge in [0.2, 0.25) is 0 Å². The van der Waals surface area contributed by atoms with Gasteiger partial charge in [0.25, 0.3) is 0 Å². The topological polar surface area (TPSA) is 20.2 Å². The number of alkyl halides is 1. The summed E-state index contributed by atoms with van der Waals surface area (Å²) in [5, 5.41) is 9.71. The second-order valence-corrected chi connectivity index (χ2v) is 5.22. The predicted molar refractivity (Wildman–Crippen MR) is 61.6 cm³/mol. The normalized spacial score (nSPS) is 15.4. The Morgan fingerprint density at radius 3 is 2.23 bits per heavy atom. The van der Waals surface area contributed by atoms with Crippen LogP contribution < -0.4 is 0 Å². The van der Waals surface area contributed by atoms with Crippen LogP contribution in [-0.4, -0.2) is 16.2 Å². The van der Waals surface area contributed by atoms with Crippen LogP contribution in [0.15, 0.2) is 29.2 Å². The van der Waals surface area contributed by atoms with E-state index in [1.165, 1.54) is 4.90 Å². The Bertz CT molecular complexity index is 258. The van der Waals surface area contributed by atoms with Crippen molar-refractivity contribution in [3.8, 4) is 0 Å². The summed E-state index contributed by atoms with van der Waals surface area (Å²) in [5.74, 6) is 0. The third-order valence-electron chi connectivity index (χ3n) is 1.89. The zero-order valence-electron chi connectivity index (χ0n) is 7.70. The number of aliphatic hydroxyl groups excluding tert-OH is 1. The molecule has 0 aromatic heterocycles. The van der Waals surface area contributed by atoms with Crippen molar-refractivity contribution in [2.75, 3.05) is 6.26 Å². The quantitative estimate of drug-likeness (QED) is 0.666. The van der Waals surface area contributed by atoms with Crippen LogP contribution in [0, 0.1) is 0 Å². The molecule has 0 aliphatic carbocycles. The second kappa shape index (κ2) is 5.03. The molecule has 1 N–H and O–H groups in total. The molecule has 3 heteroatoms. The van der Waals surface area contributed by atoms with Crippen LogP contribution in [0.3, 0.4) is 0 Å². The van der Waals surface area contributed by atoms with Gasteiger partial charge < -0.3 is 5.11 Å². The van der Waals surface area contributed by atoms with E-state index in [1.54, 1.807) is 11.8 Å². The zero-order valence-corrected chi connectivity index (χ0v) is 10.1. The smallest absolute Gasteiger partial charge is 0.0912 e. The van der Waals surface area contributed by atoms with Crippen molar-refractivity contribution in [1.29, 1.82) is 0 Å². The van der Waals surface area contributed by atoms with Gasteiger partial charge in [0, 0.05) is 9.72 Å². The molecule has 0 saturated heterocycles. The molecule has 2 atom stereocenters. The molecular weight excluding hydrogens is 248 g/mol. The zero-order chi connectivity index (χ0) is 9.84. The lowest BCUT2D eigenvalue weighted by atomic mass is 10.1. The summed E-state index contributed by atoms with van der Waals surface area (Å²) in [4.78, 5) is 1.31. The van der Waals surface area contributed by atoms with Gasteiger partial charge in [0.15, 0.2) is 0 Å². The molecule has 0 saturated carbocycles. The third kappa shape index (κ3) is 3.01. The number of hydrogen-bond acceptors (Lipinski definition) is 2. The highest BCUT2D eigenvalue weighted by Crippen LogP contribution is 2.24. The van der Waals surface area contributed by atoms with E-state index in [9.17, 15) is 5.11 Å². The van der Waals surface area contributed by atoms with E-state index in [-0.39, 0.29) is 4.83 Å². The van der Waals surface area contributed by atoms with Gasteiger partial charge in [0.05, 0.1) is 6.10 Å². The van der Waals surface area contributed by atoms with Gasteiger partial charge in [-0.2, -0.15) is 0 Å².